The summed E-state index contributed by atoms with van der Waals surface area (Å²) in [6.45, 7) is 0.274. The van der Waals surface area contributed by atoms with E-state index >= 15 is 0 Å². The number of hydrogen-bond donors (Lipinski definition) is 2. The molecule has 0 atom stereocenters. The summed E-state index contributed by atoms with van der Waals surface area (Å²) in [4.78, 5) is 0. The van der Waals surface area contributed by atoms with E-state index in [4.69, 9.17) is 5.73 Å². The fraction of sp³-hybridized carbons (Fsp3) is 0.700. The van der Waals surface area contributed by atoms with E-state index in [1.165, 1.54) is 4.68 Å². The van der Waals surface area contributed by atoms with Crippen LogP contribution in [0.15, 0.2) is 6.20 Å². The average Bonchev–Trinajstić information content (AvgIpc) is 2.90. The molecule has 1 heterocycles. The van der Waals surface area contributed by atoms with E-state index in [0.717, 1.165) is 25.7 Å². The first kappa shape index (κ1) is 12.4. The molecule has 0 saturated heterocycles. The van der Waals surface area contributed by atoms with Gasteiger partial charge in [-0.05, 0) is 12.8 Å². The third kappa shape index (κ3) is 2.44. The van der Waals surface area contributed by atoms with Gasteiger partial charge in [-0.2, -0.15) is 5.10 Å². The van der Waals surface area contributed by atoms with Crippen molar-refractivity contribution in [1.82, 2.24) is 9.78 Å². The van der Waals surface area contributed by atoms with Crippen molar-refractivity contribution >= 4 is 15.8 Å². The third-order valence-electron chi connectivity index (χ3n) is 3.21. The summed E-state index contributed by atoms with van der Waals surface area (Å²) in [7, 11) is -1.60. The number of sulfonamides is 1. The van der Waals surface area contributed by atoms with E-state index in [1.54, 1.807) is 13.2 Å². The normalized spacial score (nSPS) is 17.5. The summed E-state index contributed by atoms with van der Waals surface area (Å²) >= 11 is 0. The van der Waals surface area contributed by atoms with Crippen molar-refractivity contribution in [3.63, 3.8) is 0 Å². The van der Waals surface area contributed by atoms with Crippen LogP contribution in [0.25, 0.3) is 0 Å². The second-order valence-electron chi connectivity index (χ2n) is 4.40. The fourth-order valence-electron chi connectivity index (χ4n) is 2.18. The van der Waals surface area contributed by atoms with Crippen LogP contribution in [0.5, 0.6) is 0 Å². The van der Waals surface area contributed by atoms with Crippen LogP contribution < -0.4 is 10.5 Å². The number of anilines is 1. The summed E-state index contributed by atoms with van der Waals surface area (Å²) in [5.74, 6) is 0.486. The van der Waals surface area contributed by atoms with Gasteiger partial charge in [0.05, 0.1) is 11.4 Å². The van der Waals surface area contributed by atoms with Gasteiger partial charge in [0.2, 0.25) is 10.0 Å². The van der Waals surface area contributed by atoms with Crippen LogP contribution in [0.2, 0.25) is 0 Å². The molecule has 1 aromatic heterocycles. The fourth-order valence-corrected chi connectivity index (χ4v) is 3.83. The van der Waals surface area contributed by atoms with Crippen LogP contribution in [-0.4, -0.2) is 23.4 Å². The van der Waals surface area contributed by atoms with E-state index in [-0.39, 0.29) is 11.8 Å². The zero-order valence-electron chi connectivity index (χ0n) is 9.89. The zero-order valence-corrected chi connectivity index (χ0v) is 10.7. The van der Waals surface area contributed by atoms with Crippen molar-refractivity contribution in [2.24, 2.45) is 12.8 Å². The van der Waals surface area contributed by atoms with Crippen LogP contribution in [-0.2, 0) is 23.6 Å². The van der Waals surface area contributed by atoms with E-state index in [2.05, 4.69) is 9.82 Å². The molecular formula is C10H18N4O2S. The monoisotopic (exact) mass is 258 g/mol. The molecule has 0 unspecified atom stereocenters. The lowest BCUT2D eigenvalue weighted by molar-refractivity contribution is 0.584. The Morgan fingerprint density at radius 1 is 1.53 bits per heavy atom. The number of hydrogen-bond acceptors (Lipinski definition) is 4. The van der Waals surface area contributed by atoms with Gasteiger partial charge >= 0.3 is 0 Å². The average molecular weight is 258 g/mol. The van der Waals surface area contributed by atoms with Gasteiger partial charge in [-0.15, -0.1) is 0 Å². The molecule has 1 aromatic rings. The number of aromatic nitrogens is 2. The molecule has 0 aromatic carbocycles. The molecule has 96 valence electrons. The Kier molecular flexibility index (Phi) is 3.39. The second kappa shape index (κ2) is 4.66. The van der Waals surface area contributed by atoms with Crippen molar-refractivity contribution in [2.45, 2.75) is 37.5 Å². The molecular weight excluding hydrogens is 240 g/mol. The lowest BCUT2D eigenvalue weighted by atomic mass is 10.3. The minimum Gasteiger partial charge on any atom is -0.326 e. The lowest BCUT2D eigenvalue weighted by Crippen LogP contribution is -2.27. The molecule has 0 aliphatic heterocycles. The lowest BCUT2D eigenvalue weighted by Gasteiger charge is -2.14. The van der Waals surface area contributed by atoms with Crippen LogP contribution >= 0.6 is 0 Å². The highest BCUT2D eigenvalue weighted by molar-refractivity contribution is 7.93. The molecule has 0 spiro atoms. The van der Waals surface area contributed by atoms with Gasteiger partial charge in [0.25, 0.3) is 0 Å². The number of nitrogens with zero attached hydrogens (tertiary/aromatic N) is 2. The molecule has 2 rings (SSSR count). The SMILES string of the molecule is Cn1ncc(CN)c1NS(=O)(=O)C1CCCC1. The summed E-state index contributed by atoms with van der Waals surface area (Å²) in [5, 5.41) is 3.73. The first-order valence-electron chi connectivity index (χ1n) is 5.77. The molecule has 7 heteroatoms. The molecule has 3 N–H and O–H groups in total. The van der Waals surface area contributed by atoms with Crippen LogP contribution in [0.1, 0.15) is 31.2 Å². The van der Waals surface area contributed by atoms with Crippen LogP contribution in [0.4, 0.5) is 5.82 Å². The second-order valence-corrected chi connectivity index (χ2v) is 6.36. The van der Waals surface area contributed by atoms with Crippen molar-refractivity contribution < 1.29 is 8.42 Å². The maximum absolute atomic E-state index is 12.1. The predicted molar refractivity (Wildman–Crippen MR) is 65.9 cm³/mol. The Morgan fingerprint density at radius 3 is 2.76 bits per heavy atom. The molecule has 1 aliphatic rings. The number of nitrogens with two attached hydrogens (primary N) is 1. The van der Waals surface area contributed by atoms with E-state index in [1.807, 2.05) is 0 Å². The maximum Gasteiger partial charge on any atom is 0.236 e. The van der Waals surface area contributed by atoms with E-state index < -0.39 is 10.0 Å². The van der Waals surface area contributed by atoms with Gasteiger partial charge in [-0.25, -0.2) is 8.42 Å². The minimum atomic E-state index is -3.30. The van der Waals surface area contributed by atoms with Crippen molar-refractivity contribution in [3.05, 3.63) is 11.8 Å². The minimum absolute atomic E-state index is 0.274. The highest BCUT2D eigenvalue weighted by Gasteiger charge is 2.29. The largest absolute Gasteiger partial charge is 0.326 e. The highest BCUT2D eigenvalue weighted by atomic mass is 32.2. The summed E-state index contributed by atoms with van der Waals surface area (Å²) < 4.78 is 28.4. The predicted octanol–water partition coefficient (Wildman–Crippen LogP) is 0.563. The zero-order chi connectivity index (χ0) is 12.5. The van der Waals surface area contributed by atoms with Gasteiger partial charge in [0.15, 0.2) is 0 Å². The Balaban J connectivity index is 2.22. The summed E-state index contributed by atoms with van der Waals surface area (Å²) in [5.41, 5.74) is 6.26. The van der Waals surface area contributed by atoms with Crippen LogP contribution in [0.3, 0.4) is 0 Å². The maximum atomic E-state index is 12.1. The van der Waals surface area contributed by atoms with Gasteiger partial charge in [0.1, 0.15) is 5.82 Å². The molecule has 0 radical (unpaired) electrons. The standard InChI is InChI=1S/C10H18N4O2S/c1-14-10(8(6-11)7-12-14)13-17(15,16)9-4-2-3-5-9/h7,9,13H,2-6,11H2,1H3. The number of nitrogens with one attached hydrogen (secondary N) is 1. The number of rotatable bonds is 4. The molecule has 1 fully saturated rings. The first-order valence-corrected chi connectivity index (χ1v) is 7.32. The Bertz CT molecular complexity index is 488. The van der Waals surface area contributed by atoms with Gasteiger partial charge in [-0.3, -0.25) is 9.40 Å². The Labute approximate surface area is 101 Å². The molecule has 1 aliphatic carbocycles. The molecule has 0 amide bonds. The molecule has 6 nitrogen and oxygen atoms in total. The van der Waals surface area contributed by atoms with Gasteiger partial charge in [-0.1, -0.05) is 12.8 Å². The van der Waals surface area contributed by atoms with Crippen molar-refractivity contribution in [3.8, 4) is 0 Å². The van der Waals surface area contributed by atoms with Gasteiger partial charge < -0.3 is 5.73 Å². The Morgan fingerprint density at radius 2 is 2.18 bits per heavy atom. The third-order valence-corrected chi connectivity index (χ3v) is 5.04. The Hall–Kier alpha value is -1.08. The molecule has 0 bridgehead atoms. The van der Waals surface area contributed by atoms with Crippen LogP contribution in [0, 0.1) is 0 Å². The summed E-state index contributed by atoms with van der Waals surface area (Å²) in [6.07, 6.45) is 5.05. The molecule has 17 heavy (non-hydrogen) atoms. The van der Waals surface area contributed by atoms with E-state index in [9.17, 15) is 8.42 Å². The quantitative estimate of drug-likeness (QED) is 0.826. The highest BCUT2D eigenvalue weighted by Crippen LogP contribution is 2.26. The van der Waals surface area contributed by atoms with E-state index in [0.29, 0.717) is 11.4 Å². The first-order chi connectivity index (χ1) is 8.04. The topological polar surface area (TPSA) is 90.0 Å². The van der Waals surface area contributed by atoms with Crippen molar-refractivity contribution in [1.29, 1.82) is 0 Å². The summed E-state index contributed by atoms with van der Waals surface area (Å²) in [6, 6.07) is 0. The van der Waals surface area contributed by atoms with Gasteiger partial charge in [0, 0.05) is 19.2 Å². The molecule has 1 saturated carbocycles. The number of aryl methyl sites for hydroxylation is 1. The smallest absolute Gasteiger partial charge is 0.236 e. The van der Waals surface area contributed by atoms with Crippen molar-refractivity contribution in [2.75, 3.05) is 4.72 Å².